The molecule has 4 nitrogen and oxygen atoms in total. The summed E-state index contributed by atoms with van der Waals surface area (Å²) in [6, 6.07) is 8.63. The van der Waals surface area contributed by atoms with Crippen LogP contribution in [-0.4, -0.2) is 43.1 Å². The van der Waals surface area contributed by atoms with Crippen molar-refractivity contribution in [2.45, 2.75) is 39.0 Å². The highest BCUT2D eigenvalue weighted by molar-refractivity contribution is 5.47. The average molecular weight is 278 g/mol. The zero-order valence-corrected chi connectivity index (χ0v) is 12.7. The highest BCUT2D eigenvalue weighted by Crippen LogP contribution is 2.17. The fraction of sp³-hybridized carbons (Fsp3) is 0.625. The lowest BCUT2D eigenvalue weighted by Gasteiger charge is -2.30. The van der Waals surface area contributed by atoms with Crippen LogP contribution >= 0.6 is 0 Å². The molecule has 0 bridgehead atoms. The number of nitrogens with zero attached hydrogens (tertiary/aromatic N) is 1. The zero-order chi connectivity index (χ0) is 14.6. The topological polar surface area (TPSA) is 44.7 Å². The Kier molecular flexibility index (Phi) is 5.02. The van der Waals surface area contributed by atoms with E-state index >= 15 is 0 Å². The maximum absolute atomic E-state index is 9.69. The van der Waals surface area contributed by atoms with Crippen LogP contribution in [0.4, 0.5) is 5.69 Å². The van der Waals surface area contributed by atoms with Gasteiger partial charge in [-0.1, -0.05) is 12.1 Å². The van der Waals surface area contributed by atoms with E-state index in [2.05, 4.69) is 34.5 Å². The highest BCUT2D eigenvalue weighted by Gasteiger charge is 2.22. The van der Waals surface area contributed by atoms with Gasteiger partial charge >= 0.3 is 0 Å². The summed E-state index contributed by atoms with van der Waals surface area (Å²) in [6.07, 6.45) is -0.380. The number of hydrogen-bond acceptors (Lipinski definition) is 4. The third-order valence-electron chi connectivity index (χ3n) is 4.11. The van der Waals surface area contributed by atoms with E-state index in [9.17, 15) is 5.11 Å². The van der Waals surface area contributed by atoms with Crippen LogP contribution in [-0.2, 0) is 11.3 Å². The van der Waals surface area contributed by atoms with Gasteiger partial charge in [0.25, 0.3) is 0 Å². The molecule has 0 aromatic heterocycles. The molecule has 0 saturated carbocycles. The van der Waals surface area contributed by atoms with Gasteiger partial charge < -0.3 is 20.1 Å². The Balaban J connectivity index is 1.91. The van der Waals surface area contributed by atoms with E-state index in [1.165, 1.54) is 11.3 Å². The Bertz CT molecular complexity index is 409. The number of morpholine rings is 1. The molecule has 1 unspecified atom stereocenters. The van der Waals surface area contributed by atoms with Gasteiger partial charge in [0.1, 0.15) is 0 Å². The molecule has 0 amide bonds. The summed E-state index contributed by atoms with van der Waals surface area (Å²) in [7, 11) is 0. The van der Waals surface area contributed by atoms with Crippen molar-refractivity contribution in [1.82, 2.24) is 5.32 Å². The van der Waals surface area contributed by atoms with Crippen molar-refractivity contribution >= 4 is 5.69 Å². The van der Waals surface area contributed by atoms with Crippen LogP contribution in [0.25, 0.3) is 0 Å². The monoisotopic (exact) mass is 278 g/mol. The molecule has 1 aliphatic rings. The second-order valence-electron chi connectivity index (χ2n) is 6.02. The summed E-state index contributed by atoms with van der Waals surface area (Å²) in [5.41, 5.74) is 2.21. The second-order valence-corrected chi connectivity index (χ2v) is 6.02. The normalized spacial score (nSPS) is 18.1. The first-order valence-electron chi connectivity index (χ1n) is 7.34. The number of aliphatic hydroxyl groups is 1. The van der Waals surface area contributed by atoms with Crippen LogP contribution in [0.3, 0.4) is 0 Å². The Hall–Kier alpha value is -1.10. The second kappa shape index (κ2) is 6.57. The van der Waals surface area contributed by atoms with Gasteiger partial charge in [-0.05, 0) is 38.5 Å². The van der Waals surface area contributed by atoms with Crippen molar-refractivity contribution in [3.8, 4) is 0 Å². The molecule has 0 spiro atoms. The molecule has 0 aliphatic carbocycles. The number of benzene rings is 1. The van der Waals surface area contributed by atoms with Gasteiger partial charge in [0, 0.05) is 30.9 Å². The van der Waals surface area contributed by atoms with Crippen molar-refractivity contribution in [2.75, 3.05) is 31.2 Å². The summed E-state index contributed by atoms with van der Waals surface area (Å²) in [5, 5.41) is 13.1. The lowest BCUT2D eigenvalue weighted by molar-refractivity contribution is 0.0956. The lowest BCUT2D eigenvalue weighted by Crippen LogP contribution is -2.47. The number of rotatable bonds is 5. The van der Waals surface area contributed by atoms with Crippen LogP contribution < -0.4 is 10.2 Å². The van der Waals surface area contributed by atoms with Crippen molar-refractivity contribution < 1.29 is 9.84 Å². The van der Waals surface area contributed by atoms with Gasteiger partial charge in [0.15, 0.2) is 0 Å². The Labute approximate surface area is 121 Å². The molecular weight excluding hydrogens is 252 g/mol. The first-order chi connectivity index (χ1) is 9.49. The number of ether oxygens (including phenoxy) is 1. The summed E-state index contributed by atoms with van der Waals surface area (Å²) >= 11 is 0. The molecule has 1 fully saturated rings. The molecule has 1 aliphatic heterocycles. The van der Waals surface area contributed by atoms with E-state index < -0.39 is 0 Å². The van der Waals surface area contributed by atoms with Gasteiger partial charge in [-0.3, -0.25) is 0 Å². The van der Waals surface area contributed by atoms with E-state index in [0.29, 0.717) is 0 Å². The Morgan fingerprint density at radius 2 is 1.85 bits per heavy atom. The third kappa shape index (κ3) is 3.95. The smallest absolute Gasteiger partial charge is 0.0688 e. The van der Waals surface area contributed by atoms with Crippen LogP contribution in [0.1, 0.15) is 26.3 Å². The summed E-state index contributed by atoms with van der Waals surface area (Å²) < 4.78 is 5.37. The zero-order valence-electron chi connectivity index (χ0n) is 12.7. The molecule has 2 rings (SSSR count). The molecule has 1 heterocycles. The third-order valence-corrected chi connectivity index (χ3v) is 4.11. The largest absolute Gasteiger partial charge is 0.392 e. The van der Waals surface area contributed by atoms with Gasteiger partial charge in [-0.25, -0.2) is 0 Å². The average Bonchev–Trinajstić information content (AvgIpc) is 2.46. The first kappa shape index (κ1) is 15.3. The molecule has 4 heteroatoms. The van der Waals surface area contributed by atoms with E-state index in [1.807, 2.05) is 20.8 Å². The summed E-state index contributed by atoms with van der Waals surface area (Å²) in [6.45, 7) is 10.2. The number of aliphatic hydroxyl groups excluding tert-OH is 1. The predicted octanol–water partition coefficient (Wildman–Crippen LogP) is 1.77. The Morgan fingerprint density at radius 1 is 1.25 bits per heavy atom. The van der Waals surface area contributed by atoms with Crippen LogP contribution in [0.5, 0.6) is 0 Å². The van der Waals surface area contributed by atoms with E-state index in [0.717, 1.165) is 32.8 Å². The highest BCUT2D eigenvalue weighted by atomic mass is 16.5. The predicted molar refractivity (Wildman–Crippen MR) is 82.1 cm³/mol. The molecule has 112 valence electrons. The van der Waals surface area contributed by atoms with E-state index in [-0.39, 0.29) is 11.6 Å². The minimum absolute atomic E-state index is 0.275. The standard InChI is InChI=1S/C16H26N2O2/c1-13(19)16(2,3)17-12-14-4-6-15(7-5-14)18-8-10-20-11-9-18/h4-7,13,17,19H,8-12H2,1-3H3. The summed E-state index contributed by atoms with van der Waals surface area (Å²) in [5.74, 6) is 0. The van der Waals surface area contributed by atoms with Crippen molar-refractivity contribution in [1.29, 1.82) is 0 Å². The fourth-order valence-electron chi connectivity index (χ4n) is 2.12. The molecule has 1 saturated heterocycles. The van der Waals surface area contributed by atoms with Crippen LogP contribution in [0.2, 0.25) is 0 Å². The number of hydrogen-bond donors (Lipinski definition) is 2. The van der Waals surface area contributed by atoms with Crippen LogP contribution in [0.15, 0.2) is 24.3 Å². The molecule has 1 aromatic rings. The maximum atomic E-state index is 9.69. The van der Waals surface area contributed by atoms with Crippen molar-refractivity contribution in [2.24, 2.45) is 0 Å². The van der Waals surface area contributed by atoms with Gasteiger partial charge in [-0.15, -0.1) is 0 Å². The lowest BCUT2D eigenvalue weighted by atomic mass is 9.98. The van der Waals surface area contributed by atoms with Crippen molar-refractivity contribution in [3.05, 3.63) is 29.8 Å². The number of nitrogens with one attached hydrogen (secondary N) is 1. The SMILES string of the molecule is CC(O)C(C)(C)NCc1ccc(N2CCOCC2)cc1. The molecule has 2 N–H and O–H groups in total. The van der Waals surface area contributed by atoms with E-state index in [4.69, 9.17) is 4.74 Å². The Morgan fingerprint density at radius 3 is 2.40 bits per heavy atom. The quantitative estimate of drug-likeness (QED) is 0.861. The van der Waals surface area contributed by atoms with Gasteiger partial charge in [0.05, 0.1) is 19.3 Å². The van der Waals surface area contributed by atoms with Gasteiger partial charge in [-0.2, -0.15) is 0 Å². The minimum atomic E-state index is -0.380. The van der Waals surface area contributed by atoms with Crippen molar-refractivity contribution in [3.63, 3.8) is 0 Å². The molecule has 20 heavy (non-hydrogen) atoms. The molecule has 1 atom stereocenters. The number of anilines is 1. The maximum Gasteiger partial charge on any atom is 0.0688 e. The minimum Gasteiger partial charge on any atom is -0.392 e. The fourth-order valence-corrected chi connectivity index (χ4v) is 2.12. The molecule has 1 aromatic carbocycles. The van der Waals surface area contributed by atoms with Gasteiger partial charge in [0.2, 0.25) is 0 Å². The summed E-state index contributed by atoms with van der Waals surface area (Å²) in [4.78, 5) is 2.35. The van der Waals surface area contributed by atoms with Crippen LogP contribution in [0, 0.1) is 0 Å². The first-order valence-corrected chi connectivity index (χ1v) is 7.34. The van der Waals surface area contributed by atoms with E-state index in [1.54, 1.807) is 0 Å². The molecule has 0 radical (unpaired) electrons. The molecular formula is C16H26N2O2.